The Morgan fingerprint density at radius 2 is 2.17 bits per heavy atom. The SMILES string of the molecule is Cn1cc(NC(=O)N2CCCN(Cc3ccccn3)CC2)nn1. The van der Waals surface area contributed by atoms with Crippen LogP contribution in [0.1, 0.15) is 12.1 Å². The van der Waals surface area contributed by atoms with Crippen LogP contribution in [0.4, 0.5) is 10.6 Å². The van der Waals surface area contributed by atoms with E-state index in [2.05, 4.69) is 25.5 Å². The summed E-state index contributed by atoms with van der Waals surface area (Å²) < 4.78 is 1.56. The molecule has 0 atom stereocenters. The van der Waals surface area contributed by atoms with Crippen molar-refractivity contribution in [3.8, 4) is 0 Å². The maximum Gasteiger partial charge on any atom is 0.323 e. The van der Waals surface area contributed by atoms with E-state index in [0.29, 0.717) is 12.4 Å². The van der Waals surface area contributed by atoms with Crippen LogP contribution in [0.5, 0.6) is 0 Å². The summed E-state index contributed by atoms with van der Waals surface area (Å²) in [6.45, 7) is 4.06. The Morgan fingerprint density at radius 3 is 2.91 bits per heavy atom. The Balaban J connectivity index is 1.52. The summed E-state index contributed by atoms with van der Waals surface area (Å²) in [5, 5.41) is 10.5. The average Bonchev–Trinajstić information content (AvgIpc) is 2.82. The van der Waals surface area contributed by atoms with Crippen LogP contribution >= 0.6 is 0 Å². The van der Waals surface area contributed by atoms with E-state index in [1.807, 2.05) is 29.3 Å². The molecule has 2 aromatic rings. The van der Waals surface area contributed by atoms with Gasteiger partial charge >= 0.3 is 6.03 Å². The standard InChI is InChI=1S/C15H21N7O/c1-20-12-14(18-19-20)17-15(23)22-8-4-7-21(9-10-22)11-13-5-2-3-6-16-13/h2-3,5-6,12H,4,7-11H2,1H3,(H,17,23). The summed E-state index contributed by atoms with van der Waals surface area (Å²) in [5.74, 6) is 0.479. The van der Waals surface area contributed by atoms with Gasteiger partial charge in [0, 0.05) is 46.0 Å². The van der Waals surface area contributed by atoms with Crippen molar-refractivity contribution in [2.75, 3.05) is 31.5 Å². The Labute approximate surface area is 135 Å². The number of hydrogen-bond donors (Lipinski definition) is 1. The fourth-order valence-corrected chi connectivity index (χ4v) is 2.65. The summed E-state index contributed by atoms with van der Waals surface area (Å²) in [6.07, 6.45) is 4.44. The number of anilines is 1. The molecule has 0 unspecified atom stereocenters. The summed E-state index contributed by atoms with van der Waals surface area (Å²) in [5.41, 5.74) is 1.06. The number of urea groups is 1. The highest BCUT2D eigenvalue weighted by Gasteiger charge is 2.20. The first-order valence-corrected chi connectivity index (χ1v) is 7.75. The number of nitrogens with zero attached hydrogens (tertiary/aromatic N) is 6. The Morgan fingerprint density at radius 1 is 1.26 bits per heavy atom. The van der Waals surface area contributed by atoms with Gasteiger partial charge in [0.05, 0.1) is 11.9 Å². The minimum atomic E-state index is -0.120. The smallest absolute Gasteiger partial charge is 0.323 e. The maximum absolute atomic E-state index is 12.3. The molecule has 0 spiro atoms. The molecule has 2 amide bonds. The lowest BCUT2D eigenvalue weighted by Crippen LogP contribution is -2.38. The van der Waals surface area contributed by atoms with E-state index in [-0.39, 0.29) is 6.03 Å². The lowest BCUT2D eigenvalue weighted by molar-refractivity contribution is 0.210. The van der Waals surface area contributed by atoms with Crippen LogP contribution < -0.4 is 5.32 Å². The molecule has 122 valence electrons. The van der Waals surface area contributed by atoms with Crippen molar-refractivity contribution in [1.29, 1.82) is 0 Å². The Kier molecular flexibility index (Phi) is 4.82. The average molecular weight is 315 g/mol. The third kappa shape index (κ3) is 4.26. The topological polar surface area (TPSA) is 79.2 Å². The lowest BCUT2D eigenvalue weighted by atomic mass is 10.3. The van der Waals surface area contributed by atoms with Crippen molar-refractivity contribution in [1.82, 2.24) is 29.8 Å². The van der Waals surface area contributed by atoms with E-state index < -0.39 is 0 Å². The highest BCUT2D eigenvalue weighted by atomic mass is 16.2. The van der Waals surface area contributed by atoms with Crippen LogP contribution in [0, 0.1) is 0 Å². The second-order valence-corrected chi connectivity index (χ2v) is 5.65. The molecule has 1 fully saturated rings. The molecule has 8 heteroatoms. The molecule has 1 N–H and O–H groups in total. The quantitative estimate of drug-likeness (QED) is 0.912. The van der Waals surface area contributed by atoms with Gasteiger partial charge < -0.3 is 4.90 Å². The maximum atomic E-state index is 12.3. The molecule has 1 saturated heterocycles. The highest BCUT2D eigenvalue weighted by molar-refractivity contribution is 5.88. The zero-order valence-corrected chi connectivity index (χ0v) is 13.2. The zero-order chi connectivity index (χ0) is 16.1. The summed E-state index contributed by atoms with van der Waals surface area (Å²) in [4.78, 5) is 20.8. The fourth-order valence-electron chi connectivity index (χ4n) is 2.65. The van der Waals surface area contributed by atoms with Gasteiger partial charge in [0.15, 0.2) is 5.82 Å². The molecular weight excluding hydrogens is 294 g/mol. The predicted octanol–water partition coefficient (Wildman–Crippen LogP) is 0.950. The molecule has 0 radical (unpaired) electrons. The summed E-state index contributed by atoms with van der Waals surface area (Å²) in [7, 11) is 1.77. The minimum absolute atomic E-state index is 0.120. The van der Waals surface area contributed by atoms with Gasteiger partial charge in [-0.1, -0.05) is 11.3 Å². The highest BCUT2D eigenvalue weighted by Crippen LogP contribution is 2.09. The van der Waals surface area contributed by atoms with Crippen LogP contribution in [0.3, 0.4) is 0 Å². The summed E-state index contributed by atoms with van der Waals surface area (Å²) >= 11 is 0. The predicted molar refractivity (Wildman–Crippen MR) is 85.7 cm³/mol. The number of aryl methyl sites for hydroxylation is 1. The van der Waals surface area contributed by atoms with Crippen LogP contribution in [0.15, 0.2) is 30.6 Å². The number of amides is 2. The molecular formula is C15H21N7O. The van der Waals surface area contributed by atoms with Gasteiger partial charge in [0.2, 0.25) is 0 Å². The minimum Gasteiger partial charge on any atom is -0.323 e. The van der Waals surface area contributed by atoms with E-state index in [4.69, 9.17) is 0 Å². The Hall–Kier alpha value is -2.48. The molecule has 0 bridgehead atoms. The Bertz CT molecular complexity index is 642. The second-order valence-electron chi connectivity index (χ2n) is 5.65. The molecule has 3 rings (SSSR count). The molecule has 1 aliphatic rings. The number of nitrogens with one attached hydrogen (secondary N) is 1. The van der Waals surface area contributed by atoms with Gasteiger partial charge in [0.1, 0.15) is 0 Å². The van der Waals surface area contributed by atoms with Crippen molar-refractivity contribution in [2.24, 2.45) is 7.05 Å². The first-order valence-electron chi connectivity index (χ1n) is 7.75. The monoisotopic (exact) mass is 315 g/mol. The number of aromatic nitrogens is 4. The van der Waals surface area contributed by atoms with Crippen molar-refractivity contribution in [2.45, 2.75) is 13.0 Å². The summed E-state index contributed by atoms with van der Waals surface area (Å²) in [6, 6.07) is 5.83. The van der Waals surface area contributed by atoms with Gasteiger partial charge in [-0.15, -0.1) is 5.10 Å². The van der Waals surface area contributed by atoms with Crippen molar-refractivity contribution in [3.63, 3.8) is 0 Å². The van der Waals surface area contributed by atoms with Crippen molar-refractivity contribution < 1.29 is 4.79 Å². The second kappa shape index (κ2) is 7.19. The molecule has 0 aromatic carbocycles. The van der Waals surface area contributed by atoms with Gasteiger partial charge in [-0.2, -0.15) is 0 Å². The lowest BCUT2D eigenvalue weighted by Gasteiger charge is -2.21. The third-order valence-electron chi connectivity index (χ3n) is 3.83. The number of carbonyl (C=O) groups is 1. The zero-order valence-electron chi connectivity index (χ0n) is 13.2. The van der Waals surface area contributed by atoms with Gasteiger partial charge in [-0.25, -0.2) is 4.79 Å². The first kappa shape index (κ1) is 15.4. The van der Waals surface area contributed by atoms with Crippen LogP contribution in [-0.4, -0.2) is 62.0 Å². The van der Waals surface area contributed by atoms with Crippen LogP contribution in [0.25, 0.3) is 0 Å². The van der Waals surface area contributed by atoms with Gasteiger partial charge in [-0.05, 0) is 18.6 Å². The number of pyridine rings is 1. The fraction of sp³-hybridized carbons (Fsp3) is 0.467. The van der Waals surface area contributed by atoms with E-state index >= 15 is 0 Å². The third-order valence-corrected chi connectivity index (χ3v) is 3.83. The first-order chi connectivity index (χ1) is 11.2. The van der Waals surface area contributed by atoms with Crippen molar-refractivity contribution >= 4 is 11.8 Å². The largest absolute Gasteiger partial charge is 0.323 e. The van der Waals surface area contributed by atoms with E-state index in [1.165, 1.54) is 0 Å². The van der Waals surface area contributed by atoms with E-state index in [1.54, 1.807) is 17.9 Å². The molecule has 2 aromatic heterocycles. The van der Waals surface area contributed by atoms with E-state index in [9.17, 15) is 4.79 Å². The number of rotatable bonds is 3. The van der Waals surface area contributed by atoms with Gasteiger partial charge in [0.25, 0.3) is 0 Å². The molecule has 0 saturated carbocycles. The van der Waals surface area contributed by atoms with Gasteiger partial charge in [-0.3, -0.25) is 19.9 Å². The van der Waals surface area contributed by atoms with Crippen LogP contribution in [0.2, 0.25) is 0 Å². The molecule has 3 heterocycles. The number of carbonyl (C=O) groups excluding carboxylic acids is 1. The molecule has 1 aliphatic heterocycles. The molecule has 8 nitrogen and oxygen atoms in total. The van der Waals surface area contributed by atoms with Crippen LogP contribution in [-0.2, 0) is 13.6 Å². The van der Waals surface area contributed by atoms with E-state index in [0.717, 1.165) is 38.3 Å². The van der Waals surface area contributed by atoms with Crippen molar-refractivity contribution in [3.05, 3.63) is 36.3 Å². The molecule has 23 heavy (non-hydrogen) atoms. The molecule has 0 aliphatic carbocycles. The number of hydrogen-bond acceptors (Lipinski definition) is 5. The normalized spacial score (nSPS) is 16.1.